The number of fused-ring (bicyclic) bond motifs is 1. The Kier molecular flexibility index (Phi) is 3.95. The summed E-state index contributed by atoms with van der Waals surface area (Å²) in [6.07, 6.45) is 8.78. The summed E-state index contributed by atoms with van der Waals surface area (Å²) in [4.78, 5) is 0. The standard InChI is InChI=1S/C21H16P/c1-2-11-18(12-3-1)22(19-13-5-6-14-19)21-16-8-10-17-9-4-7-15-20(17)21/h1-16H/t22-/m0/s1. The second kappa shape index (κ2) is 6.23. The Bertz CT molecular complexity index is 752. The van der Waals surface area contributed by atoms with Crippen molar-refractivity contribution in [3.05, 3.63) is 104 Å². The molecular formula is C21H16P. The molecule has 1 aliphatic carbocycles. The molecule has 0 heterocycles. The molecule has 3 aromatic rings. The minimum atomic E-state index is -0.509. The fraction of sp³-hybridized carbons (Fsp3) is 0. The van der Waals surface area contributed by atoms with Gasteiger partial charge in [0.05, 0.1) is 0 Å². The molecule has 0 amide bonds. The minimum absolute atomic E-state index is 0.509. The van der Waals surface area contributed by atoms with Crippen LogP contribution in [0.1, 0.15) is 0 Å². The van der Waals surface area contributed by atoms with E-state index in [4.69, 9.17) is 0 Å². The van der Waals surface area contributed by atoms with Gasteiger partial charge in [-0.2, -0.15) is 0 Å². The Morgan fingerprint density at radius 3 is 2.09 bits per heavy atom. The third-order valence-electron chi connectivity index (χ3n) is 3.93. The van der Waals surface area contributed by atoms with Gasteiger partial charge in [0.1, 0.15) is 0 Å². The minimum Gasteiger partial charge on any atom is -0.0622 e. The molecule has 1 heteroatoms. The first-order valence-corrected chi connectivity index (χ1v) is 8.82. The molecule has 105 valence electrons. The van der Waals surface area contributed by atoms with E-state index in [9.17, 15) is 0 Å². The number of rotatable bonds is 3. The van der Waals surface area contributed by atoms with E-state index >= 15 is 0 Å². The molecule has 1 aliphatic rings. The van der Waals surface area contributed by atoms with Gasteiger partial charge in [-0.15, -0.1) is 0 Å². The van der Waals surface area contributed by atoms with Gasteiger partial charge in [-0.1, -0.05) is 72.8 Å². The normalized spacial score (nSPS) is 16.9. The molecule has 0 unspecified atom stereocenters. The first-order valence-electron chi connectivity index (χ1n) is 7.48. The van der Waals surface area contributed by atoms with E-state index in [1.165, 1.54) is 27.0 Å². The SMILES string of the molecule is [CH]1[CH][CH][C]([P@](c2ccccc2)c2cccc3ccccc23)[CH]1. The van der Waals surface area contributed by atoms with E-state index in [1.54, 1.807) is 0 Å². The van der Waals surface area contributed by atoms with Gasteiger partial charge in [-0.05, 0) is 55.0 Å². The maximum Gasteiger partial charge on any atom is 0.0161 e. The van der Waals surface area contributed by atoms with Crippen LogP contribution in [0.2, 0.25) is 0 Å². The average Bonchev–Trinajstić information content (AvgIpc) is 3.11. The van der Waals surface area contributed by atoms with Crippen LogP contribution in [0.5, 0.6) is 0 Å². The first-order chi connectivity index (χ1) is 10.9. The maximum atomic E-state index is 2.29. The Labute approximate surface area is 133 Å². The number of hydrogen-bond acceptors (Lipinski definition) is 0. The molecule has 3 aromatic carbocycles. The van der Waals surface area contributed by atoms with Crippen LogP contribution in [0.15, 0.2) is 72.8 Å². The molecule has 1 saturated carbocycles. The highest BCUT2D eigenvalue weighted by atomic mass is 31.1. The molecule has 1 fully saturated rings. The van der Waals surface area contributed by atoms with Crippen molar-refractivity contribution in [1.82, 2.24) is 0 Å². The van der Waals surface area contributed by atoms with Gasteiger partial charge in [0, 0.05) is 5.66 Å². The largest absolute Gasteiger partial charge is 0.0622 e. The molecule has 5 radical (unpaired) electrons. The monoisotopic (exact) mass is 299 g/mol. The van der Waals surface area contributed by atoms with Crippen molar-refractivity contribution in [1.29, 1.82) is 0 Å². The molecule has 0 saturated heterocycles. The van der Waals surface area contributed by atoms with E-state index in [0.717, 1.165) is 0 Å². The summed E-state index contributed by atoms with van der Waals surface area (Å²) in [7, 11) is -0.509. The molecule has 1 atom stereocenters. The zero-order valence-electron chi connectivity index (χ0n) is 12.2. The van der Waals surface area contributed by atoms with Gasteiger partial charge in [0.2, 0.25) is 0 Å². The molecule has 22 heavy (non-hydrogen) atoms. The van der Waals surface area contributed by atoms with E-state index < -0.39 is 7.92 Å². The van der Waals surface area contributed by atoms with Gasteiger partial charge in [-0.3, -0.25) is 0 Å². The van der Waals surface area contributed by atoms with E-state index in [1.807, 2.05) is 0 Å². The molecule has 0 aliphatic heterocycles. The molecular weight excluding hydrogens is 283 g/mol. The third kappa shape index (κ3) is 2.57. The van der Waals surface area contributed by atoms with Crippen molar-refractivity contribution in [3.8, 4) is 0 Å². The zero-order valence-corrected chi connectivity index (χ0v) is 13.1. The fourth-order valence-electron chi connectivity index (χ4n) is 2.92. The van der Waals surface area contributed by atoms with Gasteiger partial charge in [0.15, 0.2) is 0 Å². The summed E-state index contributed by atoms with van der Waals surface area (Å²) in [5.41, 5.74) is 1.41. The van der Waals surface area contributed by atoms with Gasteiger partial charge < -0.3 is 0 Å². The topological polar surface area (TPSA) is 0 Å². The van der Waals surface area contributed by atoms with Crippen LogP contribution < -0.4 is 10.6 Å². The third-order valence-corrected chi connectivity index (χ3v) is 6.43. The van der Waals surface area contributed by atoms with Crippen LogP contribution in [0.3, 0.4) is 0 Å². The average molecular weight is 299 g/mol. The van der Waals surface area contributed by atoms with Crippen LogP contribution in [0, 0.1) is 31.3 Å². The molecule has 0 aromatic heterocycles. The molecule has 4 rings (SSSR count). The van der Waals surface area contributed by atoms with Crippen molar-refractivity contribution in [3.63, 3.8) is 0 Å². The van der Waals surface area contributed by atoms with Crippen LogP contribution in [0.4, 0.5) is 0 Å². The van der Waals surface area contributed by atoms with Crippen molar-refractivity contribution in [2.45, 2.75) is 0 Å². The highest BCUT2D eigenvalue weighted by Crippen LogP contribution is 2.52. The van der Waals surface area contributed by atoms with Crippen molar-refractivity contribution < 1.29 is 0 Å². The second-order valence-corrected chi connectivity index (χ2v) is 7.50. The van der Waals surface area contributed by atoms with E-state index in [0.29, 0.717) is 0 Å². The molecule has 0 N–H and O–H groups in total. The quantitative estimate of drug-likeness (QED) is 0.618. The lowest BCUT2D eigenvalue weighted by molar-refractivity contribution is 1.52. The lowest BCUT2D eigenvalue weighted by Gasteiger charge is -2.25. The fourth-order valence-corrected chi connectivity index (χ4v) is 5.40. The summed E-state index contributed by atoms with van der Waals surface area (Å²) < 4.78 is 0. The second-order valence-electron chi connectivity index (χ2n) is 5.31. The van der Waals surface area contributed by atoms with Crippen LogP contribution >= 0.6 is 7.92 Å². The first kappa shape index (κ1) is 14.0. The molecule has 0 bridgehead atoms. The summed E-state index contributed by atoms with van der Waals surface area (Å²) in [5, 5.41) is 5.52. The van der Waals surface area contributed by atoms with Crippen LogP contribution in [-0.2, 0) is 0 Å². The van der Waals surface area contributed by atoms with Crippen LogP contribution in [0.25, 0.3) is 10.8 Å². The van der Waals surface area contributed by atoms with Crippen molar-refractivity contribution in [2.24, 2.45) is 0 Å². The highest BCUT2D eigenvalue weighted by molar-refractivity contribution is 7.76. The van der Waals surface area contributed by atoms with Gasteiger partial charge >= 0.3 is 0 Å². The van der Waals surface area contributed by atoms with Crippen LogP contribution in [-0.4, -0.2) is 0 Å². The predicted octanol–water partition coefficient (Wildman–Crippen LogP) is 4.64. The maximum absolute atomic E-state index is 2.29. The smallest absolute Gasteiger partial charge is 0.0161 e. The highest BCUT2D eigenvalue weighted by Gasteiger charge is 2.29. The van der Waals surface area contributed by atoms with Gasteiger partial charge in [-0.25, -0.2) is 0 Å². The Hall–Kier alpha value is -1.65. The zero-order chi connectivity index (χ0) is 14.8. The van der Waals surface area contributed by atoms with E-state index in [2.05, 4.69) is 98.5 Å². The Morgan fingerprint density at radius 1 is 0.591 bits per heavy atom. The summed E-state index contributed by atoms with van der Waals surface area (Å²) in [6, 6.07) is 26.2. The van der Waals surface area contributed by atoms with Gasteiger partial charge in [0.25, 0.3) is 0 Å². The Balaban J connectivity index is 1.89. The van der Waals surface area contributed by atoms with Crippen molar-refractivity contribution in [2.75, 3.05) is 0 Å². The molecule has 0 nitrogen and oxygen atoms in total. The Morgan fingerprint density at radius 2 is 1.27 bits per heavy atom. The summed E-state index contributed by atoms with van der Waals surface area (Å²) in [5.74, 6) is 0. The number of benzene rings is 3. The molecule has 0 spiro atoms. The lowest BCUT2D eigenvalue weighted by atomic mass is 10.1. The number of hydrogen-bond donors (Lipinski definition) is 0. The predicted molar refractivity (Wildman–Crippen MR) is 97.0 cm³/mol. The van der Waals surface area contributed by atoms with Crippen molar-refractivity contribution >= 4 is 29.3 Å². The van der Waals surface area contributed by atoms with E-state index in [-0.39, 0.29) is 0 Å². The summed E-state index contributed by atoms with van der Waals surface area (Å²) in [6.45, 7) is 0. The lowest BCUT2D eigenvalue weighted by Crippen LogP contribution is -2.16. The summed E-state index contributed by atoms with van der Waals surface area (Å²) >= 11 is 0.